The van der Waals surface area contributed by atoms with Crippen molar-refractivity contribution in [2.24, 2.45) is 0 Å². The molecule has 0 bridgehead atoms. The minimum Gasteiger partial charge on any atom is -0.309 e. The monoisotopic (exact) mass is 461 g/mol. The van der Waals surface area contributed by atoms with Gasteiger partial charge in [-0.1, -0.05) is 60.7 Å². The molecule has 8 rings (SSSR count). The summed E-state index contributed by atoms with van der Waals surface area (Å²) in [6.45, 7) is 0. The van der Waals surface area contributed by atoms with E-state index in [-0.39, 0.29) is 0 Å². The molecular formula is C31H19N5. The first-order valence-electron chi connectivity index (χ1n) is 11.9. The van der Waals surface area contributed by atoms with Crippen molar-refractivity contribution in [1.29, 1.82) is 0 Å². The van der Waals surface area contributed by atoms with E-state index in [1.54, 1.807) is 12.7 Å². The molecule has 5 aromatic carbocycles. The summed E-state index contributed by atoms with van der Waals surface area (Å²) in [5.41, 5.74) is 5.67. The smallest absolute Gasteiger partial charge is 0.237 e. The molecule has 0 radical (unpaired) electrons. The van der Waals surface area contributed by atoms with Crippen LogP contribution in [-0.2, 0) is 0 Å². The number of benzene rings is 5. The van der Waals surface area contributed by atoms with Crippen LogP contribution in [0, 0.1) is 0 Å². The summed E-state index contributed by atoms with van der Waals surface area (Å²) in [6, 6.07) is 36.8. The lowest BCUT2D eigenvalue weighted by molar-refractivity contribution is 0.940. The van der Waals surface area contributed by atoms with Crippen molar-refractivity contribution >= 4 is 54.4 Å². The molecule has 0 spiro atoms. The lowest BCUT2D eigenvalue weighted by atomic mass is 10.1. The molecule has 3 heterocycles. The summed E-state index contributed by atoms with van der Waals surface area (Å²) in [4.78, 5) is 13.0. The Labute approximate surface area is 205 Å². The maximum Gasteiger partial charge on any atom is 0.237 e. The average Bonchev–Trinajstić information content (AvgIpc) is 3.43. The van der Waals surface area contributed by atoms with Gasteiger partial charge >= 0.3 is 0 Å². The van der Waals surface area contributed by atoms with Crippen LogP contribution in [0.25, 0.3) is 66.0 Å². The van der Waals surface area contributed by atoms with Crippen LogP contribution in [0.15, 0.2) is 116 Å². The van der Waals surface area contributed by atoms with Gasteiger partial charge in [0, 0.05) is 27.2 Å². The van der Waals surface area contributed by atoms with Gasteiger partial charge in [0.05, 0.1) is 22.1 Å². The Morgan fingerprint density at radius 3 is 1.83 bits per heavy atom. The highest BCUT2D eigenvalue weighted by Gasteiger charge is 2.19. The molecule has 8 aromatic rings. The minimum absolute atomic E-state index is 0.618. The second kappa shape index (κ2) is 7.23. The quantitative estimate of drug-likeness (QED) is 0.273. The number of nitrogens with zero attached hydrogens (tertiary/aromatic N) is 5. The van der Waals surface area contributed by atoms with Gasteiger partial charge in [0.25, 0.3) is 0 Å². The molecule has 168 valence electrons. The zero-order valence-corrected chi connectivity index (χ0v) is 19.2. The zero-order chi connectivity index (χ0) is 23.6. The van der Waals surface area contributed by atoms with Crippen molar-refractivity contribution in [1.82, 2.24) is 24.1 Å². The van der Waals surface area contributed by atoms with Gasteiger partial charge in [-0.25, -0.2) is 15.0 Å². The zero-order valence-electron chi connectivity index (χ0n) is 19.2. The molecule has 0 saturated heterocycles. The molecule has 0 N–H and O–H groups in total. The van der Waals surface area contributed by atoms with Crippen LogP contribution in [-0.4, -0.2) is 24.1 Å². The minimum atomic E-state index is 0.618. The number of para-hydroxylation sites is 2. The van der Waals surface area contributed by atoms with Gasteiger partial charge in [-0.05, 0) is 53.2 Å². The Kier molecular flexibility index (Phi) is 3.88. The molecule has 0 amide bonds. The Morgan fingerprint density at radius 1 is 0.444 bits per heavy atom. The van der Waals surface area contributed by atoms with E-state index in [9.17, 15) is 0 Å². The second-order valence-corrected chi connectivity index (χ2v) is 9.06. The first-order valence-corrected chi connectivity index (χ1v) is 11.9. The van der Waals surface area contributed by atoms with Crippen LogP contribution in [0.5, 0.6) is 0 Å². The normalized spacial score (nSPS) is 11.9. The topological polar surface area (TPSA) is 48.5 Å². The Morgan fingerprint density at radius 2 is 1.03 bits per heavy atom. The standard InChI is InChI=1S/C31H19N5/c1-2-10-22(11-3-1)35-28-15-21-9-5-4-8-20(21)14-24(28)26-17-30-25(16-29(26)35)23-12-6-7-13-27(23)36(30)31-33-18-32-19-34-31/h1-19H. The lowest BCUT2D eigenvalue weighted by Gasteiger charge is -2.08. The molecule has 3 aromatic heterocycles. The number of rotatable bonds is 2. The van der Waals surface area contributed by atoms with Crippen molar-refractivity contribution in [3.05, 3.63) is 116 Å². The van der Waals surface area contributed by atoms with Gasteiger partial charge in [-0.3, -0.25) is 4.57 Å². The Balaban J connectivity index is 1.61. The Hall–Kier alpha value is -5.03. The van der Waals surface area contributed by atoms with E-state index >= 15 is 0 Å². The van der Waals surface area contributed by atoms with Crippen molar-refractivity contribution in [2.75, 3.05) is 0 Å². The van der Waals surface area contributed by atoms with Gasteiger partial charge in [-0.15, -0.1) is 0 Å². The molecule has 0 fully saturated rings. The van der Waals surface area contributed by atoms with E-state index in [0.29, 0.717) is 5.95 Å². The fraction of sp³-hybridized carbons (Fsp3) is 0. The summed E-state index contributed by atoms with van der Waals surface area (Å²) in [7, 11) is 0. The number of aromatic nitrogens is 5. The maximum absolute atomic E-state index is 4.49. The first kappa shape index (κ1) is 19.3. The molecule has 0 aliphatic heterocycles. The SMILES string of the molecule is c1ccc(-n2c3cc4ccccc4cc3c3cc4c(cc32)c2ccccc2n4-c2ncncn2)cc1. The summed E-state index contributed by atoms with van der Waals surface area (Å²) in [6.07, 6.45) is 3.10. The highest BCUT2D eigenvalue weighted by molar-refractivity contribution is 6.20. The maximum atomic E-state index is 4.49. The third-order valence-electron chi connectivity index (χ3n) is 7.12. The fourth-order valence-electron chi connectivity index (χ4n) is 5.58. The summed E-state index contributed by atoms with van der Waals surface area (Å²) < 4.78 is 4.52. The van der Waals surface area contributed by atoms with Gasteiger partial charge in [0.2, 0.25) is 5.95 Å². The van der Waals surface area contributed by atoms with Crippen LogP contribution >= 0.6 is 0 Å². The van der Waals surface area contributed by atoms with Crippen molar-refractivity contribution < 1.29 is 0 Å². The van der Waals surface area contributed by atoms with E-state index in [2.05, 4.69) is 127 Å². The van der Waals surface area contributed by atoms with Gasteiger partial charge in [-0.2, -0.15) is 0 Å². The summed E-state index contributed by atoms with van der Waals surface area (Å²) in [5.74, 6) is 0.618. The number of hydrogen-bond acceptors (Lipinski definition) is 3. The number of hydrogen-bond donors (Lipinski definition) is 0. The third-order valence-corrected chi connectivity index (χ3v) is 7.12. The van der Waals surface area contributed by atoms with Crippen molar-refractivity contribution in [2.45, 2.75) is 0 Å². The molecule has 0 saturated carbocycles. The predicted molar refractivity (Wildman–Crippen MR) is 146 cm³/mol. The molecule has 0 atom stereocenters. The van der Waals surface area contributed by atoms with E-state index in [4.69, 9.17) is 0 Å². The predicted octanol–water partition coefficient (Wildman–Crippen LogP) is 7.22. The fourth-order valence-corrected chi connectivity index (χ4v) is 5.58. The van der Waals surface area contributed by atoms with Gasteiger partial charge in [0.1, 0.15) is 12.7 Å². The van der Waals surface area contributed by atoms with Crippen LogP contribution in [0.3, 0.4) is 0 Å². The van der Waals surface area contributed by atoms with Crippen molar-refractivity contribution in [3.8, 4) is 11.6 Å². The van der Waals surface area contributed by atoms with E-state index in [1.165, 1.54) is 43.4 Å². The lowest BCUT2D eigenvalue weighted by Crippen LogP contribution is -2.00. The molecule has 0 aliphatic rings. The summed E-state index contributed by atoms with van der Waals surface area (Å²) in [5, 5.41) is 7.23. The van der Waals surface area contributed by atoms with E-state index in [0.717, 1.165) is 16.7 Å². The van der Waals surface area contributed by atoms with Crippen LogP contribution < -0.4 is 0 Å². The molecule has 0 aliphatic carbocycles. The van der Waals surface area contributed by atoms with Gasteiger partial charge in [0.15, 0.2) is 0 Å². The van der Waals surface area contributed by atoms with Gasteiger partial charge < -0.3 is 4.57 Å². The van der Waals surface area contributed by atoms with Crippen LogP contribution in [0.1, 0.15) is 0 Å². The second-order valence-electron chi connectivity index (χ2n) is 9.06. The average molecular weight is 462 g/mol. The van der Waals surface area contributed by atoms with Crippen LogP contribution in [0.4, 0.5) is 0 Å². The highest BCUT2D eigenvalue weighted by Crippen LogP contribution is 2.40. The molecule has 0 unspecified atom stereocenters. The van der Waals surface area contributed by atoms with Crippen molar-refractivity contribution in [3.63, 3.8) is 0 Å². The third kappa shape index (κ3) is 2.62. The largest absolute Gasteiger partial charge is 0.309 e. The summed E-state index contributed by atoms with van der Waals surface area (Å²) >= 11 is 0. The Bertz CT molecular complexity index is 2090. The number of fused-ring (bicyclic) bond motifs is 7. The first-order chi connectivity index (χ1) is 17.9. The molecule has 5 nitrogen and oxygen atoms in total. The molecular weight excluding hydrogens is 442 g/mol. The van der Waals surface area contributed by atoms with E-state index < -0.39 is 0 Å². The molecule has 36 heavy (non-hydrogen) atoms. The highest BCUT2D eigenvalue weighted by atomic mass is 15.2. The van der Waals surface area contributed by atoms with Crippen LogP contribution in [0.2, 0.25) is 0 Å². The van der Waals surface area contributed by atoms with E-state index in [1.807, 2.05) is 0 Å². The molecule has 5 heteroatoms.